The van der Waals surface area contributed by atoms with E-state index in [9.17, 15) is 4.79 Å². The lowest BCUT2D eigenvalue weighted by Crippen LogP contribution is -2.65. The number of ether oxygens (including phenoxy) is 1. The molecule has 30 heavy (non-hydrogen) atoms. The van der Waals surface area contributed by atoms with Crippen molar-refractivity contribution in [3.8, 4) is 0 Å². The van der Waals surface area contributed by atoms with Gasteiger partial charge in [-0.2, -0.15) is 0 Å². The maximum atomic E-state index is 13.2. The summed E-state index contributed by atoms with van der Waals surface area (Å²) in [6, 6.07) is 19.9. The van der Waals surface area contributed by atoms with E-state index >= 15 is 0 Å². The van der Waals surface area contributed by atoms with Crippen molar-refractivity contribution in [3.63, 3.8) is 0 Å². The molecule has 2 aromatic rings. The molecule has 0 spiro atoms. The lowest BCUT2D eigenvalue weighted by molar-refractivity contribution is -0.167. The van der Waals surface area contributed by atoms with Crippen molar-refractivity contribution in [1.82, 2.24) is 0 Å². The highest BCUT2D eigenvalue weighted by Crippen LogP contribution is 2.69. The second-order valence-electron chi connectivity index (χ2n) is 9.49. The first kappa shape index (κ1) is 18.9. The quantitative estimate of drug-likeness (QED) is 0.295. The highest BCUT2D eigenvalue weighted by atomic mass is 79.9. The van der Waals surface area contributed by atoms with E-state index in [0.717, 1.165) is 6.42 Å². The van der Waals surface area contributed by atoms with Crippen LogP contribution in [-0.4, -0.2) is 16.4 Å². The summed E-state index contributed by atoms with van der Waals surface area (Å²) in [6.07, 6.45) is 6.91. The normalized spacial score (nSPS) is 37.9. The molecule has 3 aliphatic carbocycles. The van der Waals surface area contributed by atoms with Gasteiger partial charge in [0.2, 0.25) is 0 Å². The van der Waals surface area contributed by atoms with Gasteiger partial charge in [-0.3, -0.25) is 4.79 Å². The first-order valence-corrected chi connectivity index (χ1v) is 12.2. The lowest BCUT2D eigenvalue weighted by atomic mass is 9.48. The molecule has 1 saturated carbocycles. The predicted molar refractivity (Wildman–Crippen MR) is 122 cm³/mol. The summed E-state index contributed by atoms with van der Waals surface area (Å²) in [5.41, 5.74) is 5.60. The largest absolute Gasteiger partial charge is 0.457 e. The molecule has 7 rings (SSSR count). The SMILES string of the molecule is CCCC[C@@H]1[C@H]2c3ccccc3[C@H]3C[C@@H]4OC(=O)[C@@]3(Br)[C@H]2C4=C[C@H]1c1ccccc1. The number of allylic oxidation sites excluding steroid dienone is 1. The Morgan fingerprint density at radius 1 is 1.07 bits per heavy atom. The Morgan fingerprint density at radius 3 is 2.57 bits per heavy atom. The molecule has 4 bridgehead atoms. The van der Waals surface area contributed by atoms with Crippen LogP contribution in [0.2, 0.25) is 0 Å². The number of carbonyl (C=O) groups excluding carboxylic acids is 1. The molecule has 2 saturated heterocycles. The molecule has 0 amide bonds. The highest BCUT2D eigenvalue weighted by molar-refractivity contribution is 9.10. The summed E-state index contributed by atoms with van der Waals surface area (Å²) in [6.45, 7) is 2.28. The van der Waals surface area contributed by atoms with Gasteiger partial charge in [-0.15, -0.1) is 0 Å². The van der Waals surface area contributed by atoms with E-state index in [1.807, 2.05) is 0 Å². The highest BCUT2D eigenvalue weighted by Gasteiger charge is 2.69. The minimum Gasteiger partial charge on any atom is -0.457 e. The molecular formula is C27H27BrO2. The molecule has 0 unspecified atom stereocenters. The molecule has 0 radical (unpaired) electrons. The number of alkyl halides is 1. The van der Waals surface area contributed by atoms with Crippen LogP contribution < -0.4 is 0 Å². The summed E-state index contributed by atoms with van der Waals surface area (Å²) < 4.78 is 5.36. The third-order valence-electron chi connectivity index (χ3n) is 8.16. The maximum Gasteiger partial charge on any atom is 0.324 e. The van der Waals surface area contributed by atoms with Gasteiger partial charge in [0.05, 0.1) is 0 Å². The molecule has 5 aliphatic rings. The molecule has 2 nitrogen and oxygen atoms in total. The second-order valence-corrected chi connectivity index (χ2v) is 10.8. The van der Waals surface area contributed by atoms with Gasteiger partial charge in [-0.25, -0.2) is 0 Å². The molecule has 2 aromatic carbocycles. The fourth-order valence-electron chi connectivity index (χ4n) is 6.98. The van der Waals surface area contributed by atoms with Gasteiger partial charge < -0.3 is 4.74 Å². The van der Waals surface area contributed by atoms with Crippen LogP contribution in [0.4, 0.5) is 0 Å². The number of halogens is 1. The summed E-state index contributed by atoms with van der Waals surface area (Å²) in [7, 11) is 0. The zero-order valence-corrected chi connectivity index (χ0v) is 18.8. The van der Waals surface area contributed by atoms with Crippen molar-refractivity contribution < 1.29 is 9.53 Å². The number of hydrogen-bond acceptors (Lipinski definition) is 2. The van der Waals surface area contributed by atoms with Crippen molar-refractivity contribution in [1.29, 1.82) is 0 Å². The molecule has 2 heterocycles. The first-order valence-electron chi connectivity index (χ1n) is 11.4. The fourth-order valence-corrected chi connectivity index (χ4v) is 8.06. The summed E-state index contributed by atoms with van der Waals surface area (Å²) in [4.78, 5) is 13.2. The summed E-state index contributed by atoms with van der Waals surface area (Å²) in [5, 5.41) is 0. The van der Waals surface area contributed by atoms with Crippen LogP contribution in [0, 0.1) is 11.8 Å². The number of carbonyl (C=O) groups is 1. The van der Waals surface area contributed by atoms with E-state index in [0.29, 0.717) is 17.8 Å². The minimum absolute atomic E-state index is 0.0437. The zero-order chi connectivity index (χ0) is 20.5. The molecule has 7 atom stereocenters. The van der Waals surface area contributed by atoms with Gasteiger partial charge in [-0.05, 0) is 46.9 Å². The average molecular weight is 463 g/mol. The number of esters is 1. The van der Waals surface area contributed by atoms with E-state index in [1.165, 1.54) is 41.5 Å². The Bertz CT molecular complexity index is 1030. The van der Waals surface area contributed by atoms with Crippen molar-refractivity contribution in [2.75, 3.05) is 0 Å². The Hall–Kier alpha value is -1.87. The van der Waals surface area contributed by atoms with Crippen molar-refractivity contribution >= 4 is 21.9 Å². The summed E-state index contributed by atoms with van der Waals surface area (Å²) >= 11 is 4.02. The van der Waals surface area contributed by atoms with Gasteiger partial charge in [0.15, 0.2) is 0 Å². The second kappa shape index (κ2) is 6.82. The molecule has 154 valence electrons. The van der Waals surface area contributed by atoms with E-state index in [2.05, 4.69) is 83.5 Å². The van der Waals surface area contributed by atoms with Crippen LogP contribution in [0.25, 0.3) is 0 Å². The van der Waals surface area contributed by atoms with Crippen molar-refractivity contribution in [3.05, 3.63) is 82.9 Å². The van der Waals surface area contributed by atoms with Crippen molar-refractivity contribution in [2.24, 2.45) is 11.8 Å². The maximum absolute atomic E-state index is 13.2. The van der Waals surface area contributed by atoms with Gasteiger partial charge in [0.1, 0.15) is 10.4 Å². The van der Waals surface area contributed by atoms with E-state index in [4.69, 9.17) is 4.74 Å². The van der Waals surface area contributed by atoms with Crippen molar-refractivity contribution in [2.45, 2.75) is 60.8 Å². The lowest BCUT2D eigenvalue weighted by Gasteiger charge is -2.62. The monoisotopic (exact) mass is 462 g/mol. The zero-order valence-electron chi connectivity index (χ0n) is 17.3. The van der Waals surface area contributed by atoms with Crippen LogP contribution in [0.1, 0.15) is 67.1 Å². The predicted octanol–water partition coefficient (Wildman–Crippen LogP) is 6.48. The van der Waals surface area contributed by atoms with E-state index in [1.54, 1.807) is 0 Å². The Kier molecular flexibility index (Phi) is 4.29. The van der Waals surface area contributed by atoms with Gasteiger partial charge in [0, 0.05) is 17.8 Å². The van der Waals surface area contributed by atoms with Crippen LogP contribution >= 0.6 is 15.9 Å². The Labute approximate surface area is 186 Å². The van der Waals surface area contributed by atoms with Crippen LogP contribution in [0.5, 0.6) is 0 Å². The first-order chi connectivity index (χ1) is 14.6. The van der Waals surface area contributed by atoms with Gasteiger partial charge >= 0.3 is 5.97 Å². The van der Waals surface area contributed by atoms with E-state index in [-0.39, 0.29) is 23.9 Å². The number of fused-ring (bicyclic) bond motifs is 3. The number of rotatable bonds is 4. The Morgan fingerprint density at radius 2 is 1.80 bits per heavy atom. The molecule has 3 fully saturated rings. The Balaban J connectivity index is 1.61. The van der Waals surface area contributed by atoms with Crippen LogP contribution in [-0.2, 0) is 9.53 Å². The standard InChI is InChI=1S/C27H27BrO2/c1-2-3-11-19-20(16-9-5-4-6-10-16)14-21-23-15-22-17-12-7-8-13-18(17)24(19)25(21)27(22,28)26(29)30-23/h4-10,12-14,19-20,22-25H,2-3,11,15H2,1H3/t19-,20-,22+,23-,24+,25-,27-/m0/s1. The topological polar surface area (TPSA) is 26.3 Å². The molecule has 0 aromatic heterocycles. The number of unbranched alkanes of at least 4 members (excludes halogenated alkanes) is 1. The van der Waals surface area contributed by atoms with Crippen LogP contribution in [0.3, 0.4) is 0 Å². The average Bonchev–Trinajstić information content (AvgIpc) is 2.78. The van der Waals surface area contributed by atoms with Gasteiger partial charge in [-0.1, -0.05) is 96.4 Å². The third kappa shape index (κ3) is 2.39. The van der Waals surface area contributed by atoms with E-state index < -0.39 is 4.32 Å². The molecular weight excluding hydrogens is 436 g/mol. The molecule has 0 N–H and O–H groups in total. The fraction of sp³-hybridized carbons (Fsp3) is 0.444. The number of benzene rings is 2. The molecule has 3 heteroatoms. The summed E-state index contributed by atoms with van der Waals surface area (Å²) in [5.74, 6) is 1.58. The molecule has 2 aliphatic heterocycles. The van der Waals surface area contributed by atoms with Crippen LogP contribution in [0.15, 0.2) is 66.2 Å². The number of hydrogen-bond donors (Lipinski definition) is 0. The smallest absolute Gasteiger partial charge is 0.324 e. The third-order valence-corrected chi connectivity index (χ3v) is 9.53. The van der Waals surface area contributed by atoms with Gasteiger partial charge in [0.25, 0.3) is 0 Å². The minimum atomic E-state index is -0.612.